The number of aryl methyl sites for hydroxylation is 1. The molecule has 1 aromatic rings. The third kappa shape index (κ3) is 3.04. The van der Waals surface area contributed by atoms with Crippen LogP contribution in [-0.2, 0) is 4.79 Å². The van der Waals surface area contributed by atoms with Crippen molar-refractivity contribution in [2.45, 2.75) is 18.7 Å². The Bertz CT molecular complexity index is 422. The molecule has 0 aliphatic carbocycles. The monoisotopic (exact) mass is 281 g/mol. The molecule has 1 aliphatic rings. The van der Waals surface area contributed by atoms with E-state index in [9.17, 15) is 4.79 Å². The summed E-state index contributed by atoms with van der Waals surface area (Å²) in [6.07, 6.45) is 3.19. The van der Waals surface area contributed by atoms with E-state index in [0.717, 1.165) is 18.7 Å². The number of nitrogens with zero attached hydrogens (tertiary/aromatic N) is 1. The van der Waals surface area contributed by atoms with E-state index in [0.29, 0.717) is 5.75 Å². The van der Waals surface area contributed by atoms with E-state index in [1.807, 2.05) is 16.7 Å². The molecule has 0 spiro atoms. The van der Waals surface area contributed by atoms with Crippen LogP contribution in [0.5, 0.6) is 0 Å². The van der Waals surface area contributed by atoms with Gasteiger partial charge in [0.15, 0.2) is 0 Å². The summed E-state index contributed by atoms with van der Waals surface area (Å²) >= 11 is 3.60. The number of rotatable bonds is 5. The van der Waals surface area contributed by atoms with Gasteiger partial charge in [0.1, 0.15) is 5.37 Å². The average molecular weight is 281 g/mol. The normalized spacial score (nSPS) is 19.6. The van der Waals surface area contributed by atoms with Gasteiger partial charge in [0, 0.05) is 6.54 Å². The fourth-order valence-corrected chi connectivity index (χ4v) is 3.93. The van der Waals surface area contributed by atoms with Crippen molar-refractivity contribution < 1.29 is 4.79 Å². The smallest absolute Gasteiger partial charge is 0.233 e. The van der Waals surface area contributed by atoms with Gasteiger partial charge in [-0.05, 0) is 36.5 Å². The Hall–Kier alpha value is -0.610. The van der Waals surface area contributed by atoms with Crippen LogP contribution in [0.4, 0.5) is 0 Å². The van der Waals surface area contributed by atoms with Gasteiger partial charge in [0.2, 0.25) is 5.91 Å². The first kappa shape index (κ1) is 13.8. The van der Waals surface area contributed by atoms with Crippen LogP contribution in [0.15, 0.2) is 24.3 Å². The predicted octanol–water partition coefficient (Wildman–Crippen LogP) is 3.32. The van der Waals surface area contributed by atoms with Gasteiger partial charge < -0.3 is 4.90 Å². The van der Waals surface area contributed by atoms with Crippen LogP contribution in [0.1, 0.15) is 22.9 Å². The Labute approximate surface area is 118 Å². The highest BCUT2D eigenvalue weighted by Gasteiger charge is 2.32. The molecule has 1 heterocycles. The molecule has 0 radical (unpaired) electrons. The number of carbonyl (C=O) groups is 1. The summed E-state index contributed by atoms with van der Waals surface area (Å²) in [7, 11) is 0. The van der Waals surface area contributed by atoms with Gasteiger partial charge in [-0.3, -0.25) is 4.79 Å². The molecule has 0 N–H and O–H groups in total. The van der Waals surface area contributed by atoms with Crippen LogP contribution < -0.4 is 0 Å². The number of benzene rings is 1. The maximum Gasteiger partial charge on any atom is 0.233 e. The first-order valence-corrected chi connectivity index (χ1v) is 8.64. The van der Waals surface area contributed by atoms with E-state index in [1.165, 1.54) is 11.1 Å². The summed E-state index contributed by atoms with van der Waals surface area (Å²) in [6.45, 7) is 3.00. The molecule has 18 heavy (non-hydrogen) atoms. The minimum absolute atomic E-state index is 0.223. The maximum absolute atomic E-state index is 12.0. The Balaban J connectivity index is 2.11. The largest absolute Gasteiger partial charge is 0.326 e. The van der Waals surface area contributed by atoms with Gasteiger partial charge >= 0.3 is 0 Å². The highest BCUT2D eigenvalue weighted by molar-refractivity contribution is 8.00. The molecule has 1 atom stereocenters. The van der Waals surface area contributed by atoms with Crippen LogP contribution in [-0.4, -0.2) is 35.1 Å². The minimum atomic E-state index is 0.223. The number of carbonyl (C=O) groups excluding carboxylic acids is 1. The van der Waals surface area contributed by atoms with Crippen molar-refractivity contribution in [1.82, 2.24) is 4.90 Å². The van der Waals surface area contributed by atoms with Crippen molar-refractivity contribution in [3.8, 4) is 0 Å². The van der Waals surface area contributed by atoms with Crippen molar-refractivity contribution in [1.29, 1.82) is 0 Å². The lowest BCUT2D eigenvalue weighted by molar-refractivity contribution is -0.128. The molecule has 2 rings (SSSR count). The molecule has 4 heteroatoms. The Kier molecular flexibility index (Phi) is 5.01. The van der Waals surface area contributed by atoms with Gasteiger partial charge in [-0.1, -0.05) is 24.3 Å². The molecule has 98 valence electrons. The first-order chi connectivity index (χ1) is 8.74. The third-order valence-corrected chi connectivity index (χ3v) is 5.10. The van der Waals surface area contributed by atoms with E-state index in [2.05, 4.69) is 37.4 Å². The Morgan fingerprint density at radius 3 is 2.94 bits per heavy atom. The molecule has 1 saturated heterocycles. The fraction of sp³-hybridized carbons (Fsp3) is 0.500. The second-order valence-corrected chi connectivity index (χ2v) is 6.51. The molecule has 1 unspecified atom stereocenters. The average Bonchev–Trinajstić information content (AvgIpc) is 2.72. The lowest BCUT2D eigenvalue weighted by Gasteiger charge is -2.25. The molecule has 1 amide bonds. The Morgan fingerprint density at radius 1 is 1.44 bits per heavy atom. The van der Waals surface area contributed by atoms with Crippen molar-refractivity contribution in [3.63, 3.8) is 0 Å². The van der Waals surface area contributed by atoms with Crippen LogP contribution in [0.2, 0.25) is 0 Å². The van der Waals surface area contributed by atoms with E-state index < -0.39 is 0 Å². The maximum atomic E-state index is 12.0. The zero-order chi connectivity index (χ0) is 13.0. The minimum Gasteiger partial charge on any atom is -0.326 e. The number of thioether (sulfide) groups is 2. The van der Waals surface area contributed by atoms with Gasteiger partial charge in [0.25, 0.3) is 0 Å². The second-order valence-electron chi connectivity index (χ2n) is 4.45. The topological polar surface area (TPSA) is 20.3 Å². The molecular formula is C14H19NOS2. The van der Waals surface area contributed by atoms with Crippen LogP contribution >= 0.6 is 23.5 Å². The Morgan fingerprint density at radius 2 is 2.22 bits per heavy atom. The summed E-state index contributed by atoms with van der Waals surface area (Å²) in [5, 5.41) is 0.223. The lowest BCUT2D eigenvalue weighted by Crippen LogP contribution is -2.29. The number of hydrogen-bond acceptors (Lipinski definition) is 3. The third-order valence-electron chi connectivity index (χ3n) is 3.17. The molecule has 0 saturated carbocycles. The predicted molar refractivity (Wildman–Crippen MR) is 81.1 cm³/mol. The molecule has 0 aromatic heterocycles. The number of hydrogen-bond donors (Lipinski definition) is 0. The summed E-state index contributed by atoms with van der Waals surface area (Å²) in [5.74, 6) is 2.03. The molecule has 0 bridgehead atoms. The van der Waals surface area contributed by atoms with E-state index in [4.69, 9.17) is 0 Å². The van der Waals surface area contributed by atoms with Gasteiger partial charge in [-0.15, -0.1) is 11.8 Å². The molecule has 1 fully saturated rings. The standard InChI is InChI=1S/C14H19NOS2/c1-11-6-3-4-7-12(11)14-15(8-5-9-17-2)13(16)10-18-14/h3-4,6-7,14H,5,8-10H2,1-2H3. The summed E-state index contributed by atoms with van der Waals surface area (Å²) < 4.78 is 0. The fourth-order valence-electron chi connectivity index (χ4n) is 2.20. The van der Waals surface area contributed by atoms with E-state index in [-0.39, 0.29) is 11.3 Å². The van der Waals surface area contributed by atoms with Crippen molar-refractivity contribution in [2.24, 2.45) is 0 Å². The molecule has 2 nitrogen and oxygen atoms in total. The molecule has 1 aliphatic heterocycles. The zero-order valence-electron chi connectivity index (χ0n) is 10.9. The molecule has 1 aromatic carbocycles. The van der Waals surface area contributed by atoms with E-state index in [1.54, 1.807) is 11.8 Å². The van der Waals surface area contributed by atoms with Crippen LogP contribution in [0.3, 0.4) is 0 Å². The second kappa shape index (κ2) is 6.53. The van der Waals surface area contributed by atoms with Crippen LogP contribution in [0, 0.1) is 6.92 Å². The lowest BCUT2D eigenvalue weighted by atomic mass is 10.1. The van der Waals surface area contributed by atoms with Crippen molar-refractivity contribution >= 4 is 29.4 Å². The van der Waals surface area contributed by atoms with Gasteiger partial charge in [-0.25, -0.2) is 0 Å². The quantitative estimate of drug-likeness (QED) is 0.772. The number of amides is 1. The summed E-state index contributed by atoms with van der Waals surface area (Å²) in [4.78, 5) is 14.0. The summed E-state index contributed by atoms with van der Waals surface area (Å²) in [5.41, 5.74) is 2.57. The van der Waals surface area contributed by atoms with Crippen molar-refractivity contribution in [2.75, 3.05) is 24.3 Å². The molecular weight excluding hydrogens is 262 g/mol. The zero-order valence-corrected chi connectivity index (χ0v) is 12.5. The SMILES string of the molecule is CSCCCN1C(=O)CSC1c1ccccc1C. The van der Waals surface area contributed by atoms with Gasteiger partial charge in [-0.2, -0.15) is 11.8 Å². The van der Waals surface area contributed by atoms with Crippen molar-refractivity contribution in [3.05, 3.63) is 35.4 Å². The summed E-state index contributed by atoms with van der Waals surface area (Å²) in [6, 6.07) is 8.38. The highest BCUT2D eigenvalue weighted by atomic mass is 32.2. The van der Waals surface area contributed by atoms with Crippen LogP contribution in [0.25, 0.3) is 0 Å². The first-order valence-electron chi connectivity index (χ1n) is 6.19. The van der Waals surface area contributed by atoms with Gasteiger partial charge in [0.05, 0.1) is 5.75 Å². The van der Waals surface area contributed by atoms with E-state index >= 15 is 0 Å². The highest BCUT2D eigenvalue weighted by Crippen LogP contribution is 2.39.